The molecule has 0 amide bonds. The van der Waals surface area contributed by atoms with Crippen LogP contribution in [0.25, 0.3) is 33.1 Å². The Morgan fingerprint density at radius 2 is 1.62 bits per heavy atom. The number of benzene rings is 3. The lowest BCUT2D eigenvalue weighted by atomic mass is 10.1. The molecule has 0 unspecified atom stereocenters. The molecule has 2 aromatic heterocycles. The molecule has 0 aliphatic rings. The summed E-state index contributed by atoms with van der Waals surface area (Å²) in [6.45, 7) is 2.73. The third kappa shape index (κ3) is 3.19. The third-order valence-electron chi connectivity index (χ3n) is 5.23. The van der Waals surface area contributed by atoms with E-state index in [0.717, 1.165) is 33.1 Å². The summed E-state index contributed by atoms with van der Waals surface area (Å²) in [5, 5.41) is 3.84. The molecule has 0 atom stereocenters. The molecule has 5 aromatic rings. The van der Waals surface area contributed by atoms with Gasteiger partial charge in [-0.15, -0.1) is 0 Å². The number of para-hydroxylation sites is 1. The highest BCUT2D eigenvalue weighted by Gasteiger charge is 2.18. The lowest BCUT2D eigenvalue weighted by Crippen LogP contribution is -2.02. The standard InChI is InChI=1S/C25H18Cl2N2/c1-16-13-21-19-9-3-5-12-23(19)29(15-17-7-6-8-18(26)14-17)25(21)24(28-16)20-10-2-4-11-22(20)27/h2-14H,15H2,1H3. The molecule has 0 saturated heterocycles. The Morgan fingerprint density at radius 3 is 2.45 bits per heavy atom. The van der Waals surface area contributed by atoms with E-state index < -0.39 is 0 Å². The highest BCUT2D eigenvalue weighted by molar-refractivity contribution is 6.33. The van der Waals surface area contributed by atoms with Crippen molar-refractivity contribution in [3.8, 4) is 11.3 Å². The Labute approximate surface area is 179 Å². The van der Waals surface area contributed by atoms with Crippen molar-refractivity contribution in [2.45, 2.75) is 13.5 Å². The van der Waals surface area contributed by atoms with Crippen molar-refractivity contribution in [1.29, 1.82) is 0 Å². The molecule has 0 fully saturated rings. The first kappa shape index (κ1) is 18.2. The molecule has 29 heavy (non-hydrogen) atoms. The van der Waals surface area contributed by atoms with Gasteiger partial charge in [-0.05, 0) is 42.8 Å². The summed E-state index contributed by atoms with van der Waals surface area (Å²) in [4.78, 5) is 4.92. The topological polar surface area (TPSA) is 17.8 Å². The van der Waals surface area contributed by atoms with Gasteiger partial charge in [0.2, 0.25) is 0 Å². The van der Waals surface area contributed by atoms with E-state index in [9.17, 15) is 0 Å². The maximum Gasteiger partial charge on any atom is 0.0963 e. The van der Waals surface area contributed by atoms with E-state index in [1.165, 1.54) is 16.3 Å². The molecule has 0 bridgehead atoms. The Kier molecular flexibility index (Phi) is 4.54. The molecule has 0 aliphatic heterocycles. The zero-order valence-corrected chi connectivity index (χ0v) is 17.4. The summed E-state index contributed by atoms with van der Waals surface area (Å²) in [5.74, 6) is 0. The van der Waals surface area contributed by atoms with Crippen molar-refractivity contribution in [1.82, 2.24) is 9.55 Å². The van der Waals surface area contributed by atoms with Gasteiger partial charge in [0.05, 0.1) is 16.2 Å². The second kappa shape index (κ2) is 7.22. The number of rotatable bonds is 3. The van der Waals surface area contributed by atoms with Gasteiger partial charge in [-0.3, -0.25) is 4.98 Å². The summed E-state index contributed by atoms with van der Waals surface area (Å²) < 4.78 is 2.32. The minimum Gasteiger partial charge on any atom is -0.334 e. The molecule has 142 valence electrons. The van der Waals surface area contributed by atoms with Crippen LogP contribution in [0.1, 0.15) is 11.3 Å². The van der Waals surface area contributed by atoms with Gasteiger partial charge >= 0.3 is 0 Å². The van der Waals surface area contributed by atoms with Crippen LogP contribution in [0, 0.1) is 6.92 Å². The quantitative estimate of drug-likeness (QED) is 0.297. The van der Waals surface area contributed by atoms with Crippen LogP contribution in [0.15, 0.2) is 78.9 Å². The predicted molar refractivity (Wildman–Crippen MR) is 123 cm³/mol. The zero-order chi connectivity index (χ0) is 20.0. The SMILES string of the molecule is Cc1cc2c3ccccc3n(Cc3cccc(Cl)c3)c2c(-c2ccccc2Cl)n1. The fraction of sp³-hybridized carbons (Fsp3) is 0.0800. The predicted octanol–water partition coefficient (Wildman–Crippen LogP) is 7.52. The van der Waals surface area contributed by atoms with Crippen LogP contribution in [0.3, 0.4) is 0 Å². The second-order valence-corrected chi connectivity index (χ2v) is 8.07. The van der Waals surface area contributed by atoms with Crippen molar-refractivity contribution < 1.29 is 0 Å². The van der Waals surface area contributed by atoms with Crippen LogP contribution >= 0.6 is 23.2 Å². The number of hydrogen-bond donors (Lipinski definition) is 0. The lowest BCUT2D eigenvalue weighted by molar-refractivity contribution is 0.867. The molecular formula is C25H18Cl2N2. The van der Waals surface area contributed by atoms with Gasteiger partial charge < -0.3 is 4.57 Å². The minimum atomic E-state index is 0.700. The fourth-order valence-electron chi connectivity index (χ4n) is 4.03. The van der Waals surface area contributed by atoms with Crippen LogP contribution in [0.4, 0.5) is 0 Å². The summed E-state index contributed by atoms with van der Waals surface area (Å²) in [5.41, 5.74) is 6.22. The minimum absolute atomic E-state index is 0.700. The summed E-state index contributed by atoms with van der Waals surface area (Å²) in [6.07, 6.45) is 0. The summed E-state index contributed by atoms with van der Waals surface area (Å²) in [7, 11) is 0. The van der Waals surface area contributed by atoms with E-state index >= 15 is 0 Å². The molecule has 0 saturated carbocycles. The van der Waals surface area contributed by atoms with E-state index in [0.29, 0.717) is 11.6 Å². The van der Waals surface area contributed by atoms with E-state index in [1.54, 1.807) is 0 Å². The number of aromatic nitrogens is 2. The number of nitrogens with zero attached hydrogens (tertiary/aromatic N) is 2. The third-order valence-corrected chi connectivity index (χ3v) is 5.80. The highest BCUT2D eigenvalue weighted by atomic mass is 35.5. The number of halogens is 2. The Morgan fingerprint density at radius 1 is 0.828 bits per heavy atom. The van der Waals surface area contributed by atoms with Gasteiger partial charge in [-0.1, -0.05) is 71.7 Å². The molecule has 0 N–H and O–H groups in total. The van der Waals surface area contributed by atoms with Crippen LogP contribution < -0.4 is 0 Å². The van der Waals surface area contributed by atoms with E-state index in [1.807, 2.05) is 49.4 Å². The van der Waals surface area contributed by atoms with E-state index in [4.69, 9.17) is 28.2 Å². The normalized spacial score (nSPS) is 11.4. The molecular weight excluding hydrogens is 399 g/mol. The molecule has 4 heteroatoms. The molecule has 0 spiro atoms. The molecule has 3 aromatic carbocycles. The zero-order valence-electron chi connectivity index (χ0n) is 15.9. The first-order chi connectivity index (χ1) is 14.1. The molecule has 2 nitrogen and oxygen atoms in total. The van der Waals surface area contributed by atoms with E-state index in [-0.39, 0.29) is 0 Å². The average Bonchev–Trinajstić information content (AvgIpc) is 3.02. The van der Waals surface area contributed by atoms with Crippen molar-refractivity contribution in [2.75, 3.05) is 0 Å². The van der Waals surface area contributed by atoms with Gasteiger partial charge in [-0.25, -0.2) is 0 Å². The number of aryl methyl sites for hydroxylation is 1. The average molecular weight is 417 g/mol. The lowest BCUT2D eigenvalue weighted by Gasteiger charge is -2.13. The van der Waals surface area contributed by atoms with E-state index in [2.05, 4.69) is 41.0 Å². The number of fused-ring (bicyclic) bond motifs is 3. The van der Waals surface area contributed by atoms with Crippen molar-refractivity contribution in [3.05, 3.63) is 100 Å². The van der Waals surface area contributed by atoms with Crippen molar-refractivity contribution in [3.63, 3.8) is 0 Å². The first-order valence-corrected chi connectivity index (χ1v) is 10.3. The highest BCUT2D eigenvalue weighted by Crippen LogP contribution is 2.38. The maximum absolute atomic E-state index is 6.58. The van der Waals surface area contributed by atoms with Gasteiger partial charge in [0, 0.05) is 39.1 Å². The molecule has 5 rings (SSSR count). The maximum atomic E-state index is 6.58. The summed E-state index contributed by atoms with van der Waals surface area (Å²) >= 11 is 12.8. The van der Waals surface area contributed by atoms with Gasteiger partial charge in [0.25, 0.3) is 0 Å². The number of hydrogen-bond acceptors (Lipinski definition) is 1. The van der Waals surface area contributed by atoms with Gasteiger partial charge in [0.15, 0.2) is 0 Å². The first-order valence-electron chi connectivity index (χ1n) is 9.50. The molecule has 0 radical (unpaired) electrons. The van der Waals surface area contributed by atoms with Gasteiger partial charge in [-0.2, -0.15) is 0 Å². The van der Waals surface area contributed by atoms with Crippen LogP contribution in [-0.4, -0.2) is 9.55 Å². The van der Waals surface area contributed by atoms with Gasteiger partial charge in [0.1, 0.15) is 0 Å². The molecule has 2 heterocycles. The van der Waals surface area contributed by atoms with Crippen molar-refractivity contribution in [2.24, 2.45) is 0 Å². The Bertz CT molecular complexity index is 1370. The van der Waals surface area contributed by atoms with Crippen molar-refractivity contribution >= 4 is 45.0 Å². The second-order valence-electron chi connectivity index (χ2n) is 7.22. The molecule has 0 aliphatic carbocycles. The Balaban J connectivity index is 1.88. The number of pyridine rings is 1. The Hall–Kier alpha value is -2.81. The van der Waals surface area contributed by atoms with Crippen LogP contribution in [0.5, 0.6) is 0 Å². The largest absolute Gasteiger partial charge is 0.334 e. The summed E-state index contributed by atoms with van der Waals surface area (Å²) in [6, 6.07) is 26.5. The monoisotopic (exact) mass is 416 g/mol. The van der Waals surface area contributed by atoms with Crippen LogP contribution in [0.2, 0.25) is 10.0 Å². The smallest absolute Gasteiger partial charge is 0.0963 e. The fourth-order valence-corrected chi connectivity index (χ4v) is 4.46. The van der Waals surface area contributed by atoms with Crippen LogP contribution in [-0.2, 0) is 6.54 Å².